The van der Waals surface area contributed by atoms with Crippen LogP contribution in [0.25, 0.3) is 16.7 Å². The van der Waals surface area contributed by atoms with Crippen LogP contribution in [0.15, 0.2) is 47.4 Å². The summed E-state index contributed by atoms with van der Waals surface area (Å²) < 4.78 is 3.70. The summed E-state index contributed by atoms with van der Waals surface area (Å²) in [5.74, 6) is 0.521. The first-order chi connectivity index (χ1) is 12.1. The summed E-state index contributed by atoms with van der Waals surface area (Å²) >= 11 is 0. The highest BCUT2D eigenvalue weighted by molar-refractivity contribution is 5.78. The molecule has 5 nitrogen and oxygen atoms in total. The zero-order valence-corrected chi connectivity index (χ0v) is 14.6. The lowest BCUT2D eigenvalue weighted by Gasteiger charge is -2.26. The van der Waals surface area contributed by atoms with E-state index >= 15 is 0 Å². The third-order valence-corrected chi connectivity index (χ3v) is 5.32. The monoisotopic (exact) mass is 336 g/mol. The fraction of sp³-hybridized carbons (Fsp3) is 0.400. The van der Waals surface area contributed by atoms with Crippen LogP contribution in [0.3, 0.4) is 0 Å². The topological polar surface area (TPSA) is 65.8 Å². The molecule has 0 bridgehead atoms. The van der Waals surface area contributed by atoms with Crippen LogP contribution in [-0.2, 0) is 6.54 Å². The van der Waals surface area contributed by atoms with E-state index in [0.29, 0.717) is 12.0 Å². The van der Waals surface area contributed by atoms with Gasteiger partial charge in [0.15, 0.2) is 0 Å². The van der Waals surface area contributed by atoms with E-state index in [4.69, 9.17) is 5.73 Å². The van der Waals surface area contributed by atoms with Crippen molar-refractivity contribution in [2.24, 2.45) is 11.7 Å². The molecule has 1 saturated carbocycles. The molecule has 0 unspecified atom stereocenters. The first-order valence-electron chi connectivity index (χ1n) is 9.02. The van der Waals surface area contributed by atoms with Gasteiger partial charge in [0.2, 0.25) is 0 Å². The van der Waals surface area contributed by atoms with Gasteiger partial charge in [0.1, 0.15) is 0 Å². The number of nitrogens with two attached hydrogens (primary N) is 1. The van der Waals surface area contributed by atoms with Gasteiger partial charge >= 0.3 is 5.69 Å². The SMILES string of the molecule is Cc1ccc(-n2c(=O)n(CC3CCC(N)CC3)c3ccccc32)cn1. The summed E-state index contributed by atoms with van der Waals surface area (Å²) in [7, 11) is 0. The van der Waals surface area contributed by atoms with Gasteiger partial charge in [0.25, 0.3) is 0 Å². The summed E-state index contributed by atoms with van der Waals surface area (Å²) in [6, 6.07) is 12.2. The van der Waals surface area contributed by atoms with Gasteiger partial charge in [-0.15, -0.1) is 0 Å². The molecule has 1 aromatic carbocycles. The predicted octanol–water partition coefficient (Wildman–Crippen LogP) is 3.01. The molecule has 2 heterocycles. The van der Waals surface area contributed by atoms with Crippen molar-refractivity contribution in [3.05, 3.63) is 58.8 Å². The van der Waals surface area contributed by atoms with Crippen LogP contribution >= 0.6 is 0 Å². The summed E-state index contributed by atoms with van der Waals surface area (Å²) in [6.07, 6.45) is 6.07. The van der Waals surface area contributed by atoms with Gasteiger partial charge in [-0.1, -0.05) is 12.1 Å². The molecular formula is C20H24N4O. The van der Waals surface area contributed by atoms with Crippen molar-refractivity contribution in [2.45, 2.75) is 45.2 Å². The molecule has 130 valence electrons. The Kier molecular flexibility index (Phi) is 4.17. The quantitative estimate of drug-likeness (QED) is 0.799. The van der Waals surface area contributed by atoms with Gasteiger partial charge in [-0.3, -0.25) is 14.1 Å². The minimum Gasteiger partial charge on any atom is -0.328 e. The van der Waals surface area contributed by atoms with Crippen LogP contribution in [0.2, 0.25) is 0 Å². The molecule has 1 aliphatic rings. The van der Waals surface area contributed by atoms with Crippen LogP contribution in [0, 0.1) is 12.8 Å². The number of aryl methyl sites for hydroxylation is 1. The molecule has 0 spiro atoms. The molecule has 1 aliphatic carbocycles. The lowest BCUT2D eigenvalue weighted by Crippen LogP contribution is -2.31. The van der Waals surface area contributed by atoms with Gasteiger partial charge < -0.3 is 5.73 Å². The van der Waals surface area contributed by atoms with Gasteiger partial charge in [-0.25, -0.2) is 4.79 Å². The number of pyridine rings is 1. The van der Waals surface area contributed by atoms with E-state index in [0.717, 1.165) is 54.6 Å². The molecule has 0 amide bonds. The molecule has 1 fully saturated rings. The molecule has 0 atom stereocenters. The maximum absolute atomic E-state index is 13.2. The van der Waals surface area contributed by atoms with Crippen molar-refractivity contribution in [1.29, 1.82) is 0 Å². The van der Waals surface area contributed by atoms with Crippen molar-refractivity contribution >= 4 is 11.0 Å². The zero-order valence-electron chi connectivity index (χ0n) is 14.6. The minimum absolute atomic E-state index is 0.0155. The number of fused-ring (bicyclic) bond motifs is 1. The van der Waals surface area contributed by atoms with E-state index in [1.165, 1.54) is 0 Å². The Labute approximate surface area is 147 Å². The van der Waals surface area contributed by atoms with Crippen LogP contribution in [0.4, 0.5) is 0 Å². The normalized spacial score (nSPS) is 20.9. The van der Waals surface area contributed by atoms with E-state index in [1.807, 2.05) is 47.9 Å². The first-order valence-corrected chi connectivity index (χ1v) is 9.02. The molecule has 0 radical (unpaired) electrons. The van der Waals surface area contributed by atoms with Crippen LogP contribution < -0.4 is 11.4 Å². The number of benzene rings is 1. The maximum atomic E-state index is 13.2. The Balaban J connectivity index is 1.78. The molecule has 3 aromatic rings. The molecule has 2 aromatic heterocycles. The van der Waals surface area contributed by atoms with Crippen molar-refractivity contribution in [3.63, 3.8) is 0 Å². The van der Waals surface area contributed by atoms with Crippen LogP contribution in [0.5, 0.6) is 0 Å². The Hall–Kier alpha value is -2.40. The fourth-order valence-corrected chi connectivity index (χ4v) is 3.86. The van der Waals surface area contributed by atoms with E-state index in [-0.39, 0.29) is 5.69 Å². The highest BCUT2D eigenvalue weighted by atomic mass is 16.1. The smallest absolute Gasteiger partial charge is 0.328 e. The Morgan fingerprint density at radius 2 is 1.80 bits per heavy atom. The molecule has 0 saturated heterocycles. The molecule has 25 heavy (non-hydrogen) atoms. The maximum Gasteiger partial charge on any atom is 0.333 e. The molecule has 0 aliphatic heterocycles. The molecular weight excluding hydrogens is 312 g/mol. The molecule has 5 heteroatoms. The fourth-order valence-electron chi connectivity index (χ4n) is 3.86. The number of hydrogen-bond donors (Lipinski definition) is 1. The average molecular weight is 336 g/mol. The number of nitrogens with zero attached hydrogens (tertiary/aromatic N) is 3. The Morgan fingerprint density at radius 3 is 2.48 bits per heavy atom. The molecule has 2 N–H and O–H groups in total. The lowest BCUT2D eigenvalue weighted by atomic mass is 9.86. The van der Waals surface area contributed by atoms with Crippen molar-refractivity contribution in [1.82, 2.24) is 14.1 Å². The van der Waals surface area contributed by atoms with E-state index < -0.39 is 0 Å². The average Bonchev–Trinajstić information content (AvgIpc) is 2.90. The number of hydrogen-bond acceptors (Lipinski definition) is 3. The number of imidazole rings is 1. The largest absolute Gasteiger partial charge is 0.333 e. The zero-order chi connectivity index (χ0) is 17.4. The third-order valence-electron chi connectivity index (χ3n) is 5.32. The number of rotatable bonds is 3. The predicted molar refractivity (Wildman–Crippen MR) is 100 cm³/mol. The van der Waals surface area contributed by atoms with Gasteiger partial charge in [0, 0.05) is 18.3 Å². The van der Waals surface area contributed by atoms with Crippen LogP contribution in [-0.4, -0.2) is 20.2 Å². The standard InChI is InChI=1S/C20H24N4O/c1-14-6-11-17(12-22-14)24-19-5-3-2-4-18(19)23(20(24)25)13-15-7-9-16(21)10-8-15/h2-6,11-12,15-16H,7-10,13,21H2,1H3. The first kappa shape index (κ1) is 16.1. The van der Waals surface area contributed by atoms with E-state index in [9.17, 15) is 4.79 Å². The molecule has 4 rings (SSSR count). The summed E-state index contributed by atoms with van der Waals surface area (Å²) in [6.45, 7) is 2.71. The third kappa shape index (κ3) is 3.00. The summed E-state index contributed by atoms with van der Waals surface area (Å²) in [5.41, 5.74) is 9.72. The Morgan fingerprint density at radius 1 is 1.08 bits per heavy atom. The van der Waals surface area contributed by atoms with Crippen molar-refractivity contribution in [2.75, 3.05) is 0 Å². The van der Waals surface area contributed by atoms with Gasteiger partial charge in [-0.2, -0.15) is 0 Å². The van der Waals surface area contributed by atoms with Crippen molar-refractivity contribution in [3.8, 4) is 5.69 Å². The Bertz CT molecular complexity index is 930. The van der Waals surface area contributed by atoms with Gasteiger partial charge in [0.05, 0.1) is 22.9 Å². The van der Waals surface area contributed by atoms with E-state index in [1.54, 1.807) is 10.8 Å². The second kappa shape index (κ2) is 6.48. The van der Waals surface area contributed by atoms with E-state index in [2.05, 4.69) is 4.98 Å². The number of aromatic nitrogens is 3. The summed E-state index contributed by atoms with van der Waals surface area (Å²) in [5, 5.41) is 0. The van der Waals surface area contributed by atoms with Gasteiger partial charge in [-0.05, 0) is 62.8 Å². The second-order valence-electron chi connectivity index (χ2n) is 7.16. The summed E-state index contributed by atoms with van der Waals surface area (Å²) in [4.78, 5) is 17.5. The van der Waals surface area contributed by atoms with Crippen molar-refractivity contribution < 1.29 is 0 Å². The minimum atomic E-state index is 0.0155. The second-order valence-corrected chi connectivity index (χ2v) is 7.16. The highest BCUT2D eigenvalue weighted by Crippen LogP contribution is 2.26. The van der Waals surface area contributed by atoms with Crippen LogP contribution in [0.1, 0.15) is 31.4 Å². The number of para-hydroxylation sites is 2. The lowest BCUT2D eigenvalue weighted by molar-refractivity contribution is 0.294. The highest BCUT2D eigenvalue weighted by Gasteiger charge is 2.22.